The Labute approximate surface area is 307 Å². The van der Waals surface area contributed by atoms with Gasteiger partial charge in [-0.3, -0.25) is 9.59 Å². The summed E-state index contributed by atoms with van der Waals surface area (Å²) in [6.07, 6.45) is 39.1. The average Bonchev–Trinajstić information content (AvgIpc) is 3.08. The number of esters is 2. The predicted octanol–water partition coefficient (Wildman–Crippen LogP) is 13.6. The quantitative estimate of drug-likeness (QED) is 0.0474. The van der Waals surface area contributed by atoms with Crippen molar-refractivity contribution in [1.82, 2.24) is 4.90 Å². The second kappa shape index (κ2) is 38.1. The van der Waals surface area contributed by atoms with Crippen molar-refractivity contribution < 1.29 is 19.1 Å². The van der Waals surface area contributed by atoms with Crippen LogP contribution in [0.3, 0.4) is 0 Å². The molecule has 0 aliphatic heterocycles. The lowest BCUT2D eigenvalue weighted by Gasteiger charge is -2.21. The van der Waals surface area contributed by atoms with E-state index >= 15 is 0 Å². The summed E-state index contributed by atoms with van der Waals surface area (Å²) in [7, 11) is 4.17. The van der Waals surface area contributed by atoms with E-state index in [1.165, 1.54) is 141 Å². The van der Waals surface area contributed by atoms with Gasteiger partial charge in [-0.2, -0.15) is 0 Å². The first-order chi connectivity index (χ1) is 23.9. The molecule has 1 atom stereocenters. The van der Waals surface area contributed by atoms with Crippen LogP contribution in [0.15, 0.2) is 0 Å². The highest BCUT2D eigenvalue weighted by atomic mass is 16.6. The van der Waals surface area contributed by atoms with E-state index in [1.54, 1.807) is 0 Å². The standard InChI is InChI=1S/C44H87NO4/c1-6-9-12-15-18-19-20-21-22-25-28-32-37-42(49-43(46)38-33-29-34-39-45(4)5)40-48-44(47)41(35-30-26-23-16-13-10-7-2)36-31-27-24-17-14-11-8-3/h41-42H,6-40H2,1-5H3. The molecule has 0 fully saturated rings. The topological polar surface area (TPSA) is 55.8 Å². The van der Waals surface area contributed by atoms with E-state index in [4.69, 9.17) is 9.47 Å². The van der Waals surface area contributed by atoms with Crippen molar-refractivity contribution in [3.8, 4) is 0 Å². The molecule has 0 heterocycles. The van der Waals surface area contributed by atoms with E-state index in [0.717, 1.165) is 70.8 Å². The highest BCUT2D eigenvalue weighted by molar-refractivity contribution is 5.72. The number of hydrogen-bond acceptors (Lipinski definition) is 5. The Hall–Kier alpha value is -1.10. The summed E-state index contributed by atoms with van der Waals surface area (Å²) in [5, 5.41) is 0. The molecule has 1 unspecified atom stereocenters. The number of unbranched alkanes of at least 4 members (excludes halogenated alkanes) is 25. The van der Waals surface area contributed by atoms with Gasteiger partial charge in [0.1, 0.15) is 12.7 Å². The maximum atomic E-state index is 13.5. The minimum Gasteiger partial charge on any atom is -0.462 e. The highest BCUT2D eigenvalue weighted by Gasteiger charge is 2.23. The molecule has 292 valence electrons. The molecule has 0 aliphatic rings. The van der Waals surface area contributed by atoms with Crippen LogP contribution >= 0.6 is 0 Å². The van der Waals surface area contributed by atoms with Gasteiger partial charge in [-0.05, 0) is 59.2 Å². The molecular weight excluding hydrogens is 606 g/mol. The lowest BCUT2D eigenvalue weighted by atomic mass is 9.94. The Bertz CT molecular complexity index is 678. The molecule has 49 heavy (non-hydrogen) atoms. The summed E-state index contributed by atoms with van der Waals surface area (Å²) in [5.41, 5.74) is 0. The normalized spacial score (nSPS) is 12.2. The fourth-order valence-electron chi connectivity index (χ4n) is 6.88. The zero-order valence-corrected chi connectivity index (χ0v) is 34.0. The molecule has 0 saturated heterocycles. The van der Waals surface area contributed by atoms with E-state index in [9.17, 15) is 9.59 Å². The van der Waals surface area contributed by atoms with E-state index in [1.807, 2.05) is 0 Å². The largest absolute Gasteiger partial charge is 0.462 e. The van der Waals surface area contributed by atoms with E-state index in [2.05, 4.69) is 39.8 Å². The highest BCUT2D eigenvalue weighted by Crippen LogP contribution is 2.22. The van der Waals surface area contributed by atoms with Crippen LogP contribution in [0.1, 0.15) is 233 Å². The Kier molecular flexibility index (Phi) is 37.3. The summed E-state index contributed by atoms with van der Waals surface area (Å²) in [5.74, 6) is -0.213. The molecule has 5 nitrogen and oxygen atoms in total. The molecule has 0 N–H and O–H groups in total. The summed E-state index contributed by atoms with van der Waals surface area (Å²) >= 11 is 0. The van der Waals surface area contributed by atoms with Crippen LogP contribution in [0.2, 0.25) is 0 Å². The van der Waals surface area contributed by atoms with Gasteiger partial charge in [0.05, 0.1) is 5.92 Å². The second-order valence-corrected chi connectivity index (χ2v) is 15.6. The van der Waals surface area contributed by atoms with Crippen LogP contribution < -0.4 is 0 Å². The van der Waals surface area contributed by atoms with Crippen LogP contribution in [0.4, 0.5) is 0 Å². The molecule has 0 radical (unpaired) electrons. The van der Waals surface area contributed by atoms with Gasteiger partial charge in [0.15, 0.2) is 0 Å². The van der Waals surface area contributed by atoms with E-state index < -0.39 is 0 Å². The molecule has 0 aromatic heterocycles. The van der Waals surface area contributed by atoms with Crippen molar-refractivity contribution in [1.29, 1.82) is 0 Å². The van der Waals surface area contributed by atoms with Crippen LogP contribution in [-0.2, 0) is 19.1 Å². The fourth-order valence-corrected chi connectivity index (χ4v) is 6.88. The first-order valence-electron chi connectivity index (χ1n) is 21.9. The van der Waals surface area contributed by atoms with Gasteiger partial charge in [0.2, 0.25) is 0 Å². The number of ether oxygens (including phenoxy) is 2. The van der Waals surface area contributed by atoms with Gasteiger partial charge in [-0.25, -0.2) is 0 Å². The number of nitrogens with zero attached hydrogens (tertiary/aromatic N) is 1. The van der Waals surface area contributed by atoms with Crippen LogP contribution in [0, 0.1) is 5.92 Å². The van der Waals surface area contributed by atoms with Gasteiger partial charge in [-0.15, -0.1) is 0 Å². The first-order valence-corrected chi connectivity index (χ1v) is 21.9. The first kappa shape index (κ1) is 47.9. The average molecular weight is 694 g/mol. The molecule has 0 aromatic rings. The molecule has 0 rings (SSSR count). The third-order valence-electron chi connectivity index (χ3n) is 10.2. The maximum Gasteiger partial charge on any atom is 0.309 e. The smallest absolute Gasteiger partial charge is 0.309 e. The number of hydrogen-bond donors (Lipinski definition) is 0. The van der Waals surface area contributed by atoms with Crippen molar-refractivity contribution in [3.63, 3.8) is 0 Å². The van der Waals surface area contributed by atoms with E-state index in [-0.39, 0.29) is 30.6 Å². The fraction of sp³-hybridized carbons (Fsp3) is 0.955. The Morgan fingerprint density at radius 1 is 0.469 bits per heavy atom. The van der Waals surface area contributed by atoms with Crippen LogP contribution in [-0.4, -0.2) is 50.2 Å². The van der Waals surface area contributed by atoms with E-state index in [0.29, 0.717) is 6.42 Å². The summed E-state index contributed by atoms with van der Waals surface area (Å²) < 4.78 is 12.0. The molecule has 0 saturated carbocycles. The SMILES string of the molecule is CCCCCCCCCCCCCCC(COC(=O)C(CCCCCCCCC)CCCCCCCCC)OC(=O)CCCCCN(C)C. The van der Waals surface area contributed by atoms with Gasteiger partial charge >= 0.3 is 11.9 Å². The second-order valence-electron chi connectivity index (χ2n) is 15.6. The van der Waals surface area contributed by atoms with Crippen molar-refractivity contribution in [2.24, 2.45) is 5.92 Å². The Morgan fingerprint density at radius 2 is 0.837 bits per heavy atom. The van der Waals surface area contributed by atoms with Crippen molar-refractivity contribution >= 4 is 11.9 Å². The predicted molar refractivity (Wildman–Crippen MR) is 212 cm³/mol. The zero-order chi connectivity index (χ0) is 36.0. The minimum atomic E-state index is -0.320. The molecule has 0 aromatic carbocycles. The molecule has 0 spiro atoms. The van der Waals surface area contributed by atoms with Crippen LogP contribution in [0.25, 0.3) is 0 Å². The lowest BCUT2D eigenvalue weighted by Crippen LogP contribution is -2.28. The van der Waals surface area contributed by atoms with Gasteiger partial charge in [-0.1, -0.05) is 188 Å². The Morgan fingerprint density at radius 3 is 1.24 bits per heavy atom. The minimum absolute atomic E-state index is 0.0222. The van der Waals surface area contributed by atoms with Crippen molar-refractivity contribution in [2.75, 3.05) is 27.2 Å². The molecular formula is C44H87NO4. The van der Waals surface area contributed by atoms with Crippen LogP contribution in [0.5, 0.6) is 0 Å². The number of carbonyl (C=O) groups excluding carboxylic acids is 2. The summed E-state index contributed by atoms with van der Waals surface area (Å²) in [6.45, 7) is 8.06. The molecule has 0 aliphatic carbocycles. The number of carbonyl (C=O) groups is 2. The third-order valence-corrected chi connectivity index (χ3v) is 10.2. The summed E-state index contributed by atoms with van der Waals surface area (Å²) in [4.78, 5) is 28.4. The molecule has 0 amide bonds. The van der Waals surface area contributed by atoms with Gasteiger partial charge in [0, 0.05) is 6.42 Å². The number of rotatable bonds is 39. The molecule has 0 bridgehead atoms. The zero-order valence-electron chi connectivity index (χ0n) is 34.0. The van der Waals surface area contributed by atoms with Gasteiger partial charge in [0.25, 0.3) is 0 Å². The maximum absolute atomic E-state index is 13.5. The summed E-state index contributed by atoms with van der Waals surface area (Å²) in [6, 6.07) is 0. The molecule has 5 heteroatoms. The third kappa shape index (κ3) is 35.1. The monoisotopic (exact) mass is 694 g/mol. The van der Waals surface area contributed by atoms with Gasteiger partial charge < -0.3 is 14.4 Å². The van der Waals surface area contributed by atoms with Crippen molar-refractivity contribution in [2.45, 2.75) is 239 Å². The Balaban J connectivity index is 4.83. The van der Waals surface area contributed by atoms with Crippen molar-refractivity contribution in [3.05, 3.63) is 0 Å². The lowest BCUT2D eigenvalue weighted by molar-refractivity contribution is -0.162.